The second-order valence-electron chi connectivity index (χ2n) is 5.90. The summed E-state index contributed by atoms with van der Waals surface area (Å²) in [5.41, 5.74) is 2.00. The van der Waals surface area contributed by atoms with Crippen LogP contribution in [-0.4, -0.2) is 18.2 Å². The fourth-order valence-corrected chi connectivity index (χ4v) is 2.59. The summed E-state index contributed by atoms with van der Waals surface area (Å²) < 4.78 is 11.5. The Balaban J connectivity index is 2.03. The predicted molar refractivity (Wildman–Crippen MR) is 78.5 cm³/mol. The van der Waals surface area contributed by atoms with E-state index in [0.29, 0.717) is 13.0 Å². The van der Waals surface area contributed by atoms with Gasteiger partial charge in [0.25, 0.3) is 0 Å². The molecule has 1 aliphatic rings. The molecule has 3 nitrogen and oxygen atoms in total. The van der Waals surface area contributed by atoms with Crippen molar-refractivity contribution in [2.24, 2.45) is 0 Å². The molecule has 0 aliphatic carbocycles. The molecule has 0 radical (unpaired) electrons. The highest BCUT2D eigenvalue weighted by Crippen LogP contribution is 2.36. The van der Waals surface area contributed by atoms with Gasteiger partial charge in [0.1, 0.15) is 5.60 Å². The van der Waals surface area contributed by atoms with Crippen LogP contribution >= 0.6 is 0 Å². The van der Waals surface area contributed by atoms with Crippen LogP contribution in [0, 0.1) is 6.92 Å². The number of carbonyl (C=O) groups excluding carboxylic acids is 1. The van der Waals surface area contributed by atoms with Crippen molar-refractivity contribution < 1.29 is 14.3 Å². The second kappa shape index (κ2) is 6.40. The van der Waals surface area contributed by atoms with E-state index in [-0.39, 0.29) is 12.1 Å². The average molecular weight is 276 g/mol. The predicted octanol–water partition coefficient (Wildman–Crippen LogP) is 3.95. The number of rotatable bonds is 4. The third kappa shape index (κ3) is 3.83. The van der Waals surface area contributed by atoms with Gasteiger partial charge in [0.15, 0.2) is 0 Å². The molecule has 110 valence electrons. The normalized spacial score (nSPS) is 26.2. The van der Waals surface area contributed by atoms with Gasteiger partial charge in [0.05, 0.1) is 12.7 Å². The van der Waals surface area contributed by atoms with E-state index in [2.05, 4.69) is 31.2 Å². The van der Waals surface area contributed by atoms with E-state index in [1.54, 1.807) is 0 Å². The van der Waals surface area contributed by atoms with Gasteiger partial charge in [-0.15, -0.1) is 0 Å². The van der Waals surface area contributed by atoms with Crippen molar-refractivity contribution in [3.8, 4) is 0 Å². The Morgan fingerprint density at radius 1 is 1.40 bits per heavy atom. The lowest BCUT2D eigenvalue weighted by atomic mass is 9.89. The van der Waals surface area contributed by atoms with Gasteiger partial charge in [-0.2, -0.15) is 0 Å². The standard InChI is InChI=1S/C17H24O3/c1-4-5-16(18)20-17(3)10-11-19-15(12-17)14-8-6-13(2)7-9-14/h6-9,15H,4-5,10-12H2,1-3H3/t15-,17+/m0/s1. The Kier molecular flexibility index (Phi) is 4.81. The van der Waals surface area contributed by atoms with Crippen LogP contribution in [0.1, 0.15) is 56.8 Å². The first kappa shape index (κ1) is 15.0. The zero-order valence-corrected chi connectivity index (χ0v) is 12.6. The van der Waals surface area contributed by atoms with Crippen molar-refractivity contribution >= 4 is 5.97 Å². The van der Waals surface area contributed by atoms with Crippen molar-refractivity contribution in [1.82, 2.24) is 0 Å². The molecule has 1 saturated heterocycles. The summed E-state index contributed by atoms with van der Waals surface area (Å²) in [7, 11) is 0. The first-order valence-electron chi connectivity index (χ1n) is 7.42. The lowest BCUT2D eigenvalue weighted by molar-refractivity contribution is -0.173. The Bertz CT molecular complexity index is 452. The fourth-order valence-electron chi connectivity index (χ4n) is 2.59. The molecule has 0 N–H and O–H groups in total. The molecule has 20 heavy (non-hydrogen) atoms. The number of aryl methyl sites for hydroxylation is 1. The molecule has 2 rings (SSSR count). The Morgan fingerprint density at radius 3 is 2.75 bits per heavy atom. The third-order valence-electron chi connectivity index (χ3n) is 3.83. The van der Waals surface area contributed by atoms with E-state index < -0.39 is 5.60 Å². The lowest BCUT2D eigenvalue weighted by Crippen LogP contribution is -2.39. The summed E-state index contributed by atoms with van der Waals surface area (Å²) in [4.78, 5) is 11.7. The maximum Gasteiger partial charge on any atom is 0.306 e. The first-order valence-corrected chi connectivity index (χ1v) is 7.42. The molecule has 0 bridgehead atoms. The SMILES string of the molecule is CCCC(=O)O[C@]1(C)CCO[C@H](c2ccc(C)cc2)C1. The highest BCUT2D eigenvalue weighted by atomic mass is 16.6. The van der Waals surface area contributed by atoms with E-state index in [0.717, 1.165) is 24.8 Å². The van der Waals surface area contributed by atoms with Gasteiger partial charge in [0, 0.05) is 19.3 Å². The minimum absolute atomic E-state index is 0.0174. The van der Waals surface area contributed by atoms with Crippen molar-refractivity contribution in [3.63, 3.8) is 0 Å². The van der Waals surface area contributed by atoms with Gasteiger partial charge in [-0.05, 0) is 25.8 Å². The molecule has 0 saturated carbocycles. The number of esters is 1. The van der Waals surface area contributed by atoms with Crippen molar-refractivity contribution in [1.29, 1.82) is 0 Å². The van der Waals surface area contributed by atoms with Crippen LogP contribution in [0.5, 0.6) is 0 Å². The zero-order chi connectivity index (χ0) is 14.6. The van der Waals surface area contributed by atoms with Gasteiger partial charge >= 0.3 is 5.97 Å². The van der Waals surface area contributed by atoms with Crippen LogP contribution in [0.15, 0.2) is 24.3 Å². The number of carbonyl (C=O) groups is 1. The van der Waals surface area contributed by atoms with Crippen LogP contribution in [-0.2, 0) is 14.3 Å². The number of benzene rings is 1. The minimum Gasteiger partial charge on any atom is -0.459 e. The van der Waals surface area contributed by atoms with Crippen LogP contribution in [0.25, 0.3) is 0 Å². The molecular weight excluding hydrogens is 252 g/mol. The van der Waals surface area contributed by atoms with Gasteiger partial charge in [-0.25, -0.2) is 0 Å². The average Bonchev–Trinajstić information content (AvgIpc) is 2.39. The first-order chi connectivity index (χ1) is 9.52. The van der Waals surface area contributed by atoms with Crippen LogP contribution in [0.4, 0.5) is 0 Å². The largest absolute Gasteiger partial charge is 0.459 e. The summed E-state index contributed by atoms with van der Waals surface area (Å²) in [5.74, 6) is -0.0976. The minimum atomic E-state index is -0.403. The maximum absolute atomic E-state index is 11.7. The summed E-state index contributed by atoms with van der Waals surface area (Å²) in [5, 5.41) is 0. The molecular formula is C17H24O3. The molecule has 0 spiro atoms. The van der Waals surface area contributed by atoms with E-state index in [1.165, 1.54) is 5.56 Å². The molecule has 1 aliphatic heterocycles. The molecule has 0 unspecified atom stereocenters. The van der Waals surface area contributed by atoms with E-state index >= 15 is 0 Å². The van der Waals surface area contributed by atoms with Crippen molar-refractivity contribution in [2.75, 3.05) is 6.61 Å². The van der Waals surface area contributed by atoms with E-state index in [1.807, 2.05) is 13.8 Å². The van der Waals surface area contributed by atoms with Crippen LogP contribution in [0.3, 0.4) is 0 Å². The molecule has 2 atom stereocenters. The quantitative estimate of drug-likeness (QED) is 0.781. The second-order valence-corrected chi connectivity index (χ2v) is 5.90. The number of ether oxygens (including phenoxy) is 2. The van der Waals surface area contributed by atoms with E-state index in [4.69, 9.17) is 9.47 Å². The molecule has 0 amide bonds. The number of hydrogen-bond acceptors (Lipinski definition) is 3. The topological polar surface area (TPSA) is 35.5 Å². The Morgan fingerprint density at radius 2 is 2.10 bits per heavy atom. The Labute approximate surface area is 121 Å². The van der Waals surface area contributed by atoms with Gasteiger partial charge in [-0.3, -0.25) is 4.79 Å². The fraction of sp³-hybridized carbons (Fsp3) is 0.588. The zero-order valence-electron chi connectivity index (χ0n) is 12.6. The number of hydrogen-bond donors (Lipinski definition) is 0. The summed E-state index contributed by atoms with van der Waals surface area (Å²) >= 11 is 0. The third-order valence-corrected chi connectivity index (χ3v) is 3.83. The lowest BCUT2D eigenvalue weighted by Gasteiger charge is -2.38. The molecule has 3 heteroatoms. The molecule has 1 aromatic rings. The highest BCUT2D eigenvalue weighted by molar-refractivity contribution is 5.69. The van der Waals surface area contributed by atoms with Gasteiger partial charge in [-0.1, -0.05) is 36.8 Å². The summed E-state index contributed by atoms with van der Waals surface area (Å²) in [6.45, 7) is 6.71. The molecule has 0 aromatic heterocycles. The maximum atomic E-state index is 11.7. The highest BCUT2D eigenvalue weighted by Gasteiger charge is 2.36. The summed E-state index contributed by atoms with van der Waals surface area (Å²) in [6.07, 6.45) is 2.83. The van der Waals surface area contributed by atoms with Gasteiger partial charge < -0.3 is 9.47 Å². The molecule has 1 fully saturated rings. The van der Waals surface area contributed by atoms with Crippen molar-refractivity contribution in [2.45, 2.75) is 58.2 Å². The van der Waals surface area contributed by atoms with Gasteiger partial charge in [0.2, 0.25) is 0 Å². The van der Waals surface area contributed by atoms with Crippen molar-refractivity contribution in [3.05, 3.63) is 35.4 Å². The molecule has 1 heterocycles. The van der Waals surface area contributed by atoms with Crippen LogP contribution in [0.2, 0.25) is 0 Å². The van der Waals surface area contributed by atoms with Crippen LogP contribution < -0.4 is 0 Å². The molecule has 1 aromatic carbocycles. The van der Waals surface area contributed by atoms with E-state index in [9.17, 15) is 4.79 Å². The summed E-state index contributed by atoms with van der Waals surface area (Å²) in [6, 6.07) is 8.38. The Hall–Kier alpha value is -1.35. The monoisotopic (exact) mass is 276 g/mol. The smallest absolute Gasteiger partial charge is 0.306 e.